The maximum absolute atomic E-state index is 11.8. The highest BCUT2D eigenvalue weighted by Gasteiger charge is 2.24. The molecule has 20 heavy (non-hydrogen) atoms. The SMILES string of the molecule is Cc1ccccc1NCC(C)(C)NC(=O)OC(C)(C)C. The van der Waals surface area contributed by atoms with E-state index in [0.29, 0.717) is 6.54 Å². The van der Waals surface area contributed by atoms with Crippen molar-refractivity contribution in [2.24, 2.45) is 0 Å². The Labute approximate surface area is 121 Å². The van der Waals surface area contributed by atoms with Gasteiger partial charge >= 0.3 is 6.09 Å². The van der Waals surface area contributed by atoms with Gasteiger partial charge in [0.25, 0.3) is 0 Å². The van der Waals surface area contributed by atoms with Gasteiger partial charge < -0.3 is 15.4 Å². The second-order valence-electron chi connectivity index (χ2n) is 6.68. The molecule has 0 heterocycles. The topological polar surface area (TPSA) is 50.4 Å². The lowest BCUT2D eigenvalue weighted by atomic mass is 10.1. The summed E-state index contributed by atoms with van der Waals surface area (Å²) in [6.45, 7) is 12.2. The van der Waals surface area contributed by atoms with Gasteiger partial charge in [0.2, 0.25) is 0 Å². The zero-order valence-electron chi connectivity index (χ0n) is 13.3. The molecule has 1 amide bonds. The minimum atomic E-state index is -0.483. The normalized spacial score (nSPS) is 11.9. The van der Waals surface area contributed by atoms with Gasteiger partial charge in [-0.3, -0.25) is 0 Å². The molecule has 0 aliphatic heterocycles. The van der Waals surface area contributed by atoms with Crippen LogP contribution in [-0.2, 0) is 4.74 Å². The third-order valence-corrected chi connectivity index (χ3v) is 2.71. The van der Waals surface area contributed by atoms with Crippen molar-refractivity contribution in [3.05, 3.63) is 29.8 Å². The summed E-state index contributed by atoms with van der Waals surface area (Å²) in [4.78, 5) is 11.8. The molecule has 1 rings (SSSR count). The van der Waals surface area contributed by atoms with Crippen LogP contribution in [0.5, 0.6) is 0 Å². The fourth-order valence-electron chi connectivity index (χ4n) is 1.71. The molecule has 0 bridgehead atoms. The van der Waals surface area contributed by atoms with E-state index in [9.17, 15) is 4.79 Å². The number of benzene rings is 1. The lowest BCUT2D eigenvalue weighted by molar-refractivity contribution is 0.0478. The van der Waals surface area contributed by atoms with Crippen LogP contribution in [0.25, 0.3) is 0 Å². The standard InChI is InChI=1S/C16H26N2O2/c1-12-9-7-8-10-13(12)17-11-16(5,6)18-14(19)20-15(2,3)4/h7-10,17H,11H2,1-6H3,(H,18,19). The Morgan fingerprint density at radius 1 is 1.15 bits per heavy atom. The highest BCUT2D eigenvalue weighted by Crippen LogP contribution is 2.15. The molecule has 112 valence electrons. The first kappa shape index (κ1) is 16.3. The number of hydrogen-bond acceptors (Lipinski definition) is 3. The zero-order chi connectivity index (χ0) is 15.4. The summed E-state index contributed by atoms with van der Waals surface area (Å²) in [5.41, 5.74) is 1.38. The summed E-state index contributed by atoms with van der Waals surface area (Å²) < 4.78 is 5.27. The van der Waals surface area contributed by atoms with Crippen LogP contribution in [0.3, 0.4) is 0 Å². The molecule has 4 nitrogen and oxygen atoms in total. The van der Waals surface area contributed by atoms with Gasteiger partial charge in [-0.15, -0.1) is 0 Å². The summed E-state index contributed by atoms with van der Waals surface area (Å²) in [6, 6.07) is 8.07. The molecule has 0 atom stereocenters. The molecule has 0 radical (unpaired) electrons. The molecule has 1 aromatic carbocycles. The summed E-state index contributed by atoms with van der Waals surface area (Å²) in [5, 5.41) is 6.23. The highest BCUT2D eigenvalue weighted by atomic mass is 16.6. The number of anilines is 1. The Morgan fingerprint density at radius 3 is 2.30 bits per heavy atom. The molecular weight excluding hydrogens is 252 g/mol. The number of rotatable bonds is 4. The van der Waals surface area contributed by atoms with Gasteiger partial charge in [0.05, 0.1) is 5.54 Å². The van der Waals surface area contributed by atoms with Crippen molar-refractivity contribution < 1.29 is 9.53 Å². The fraction of sp³-hybridized carbons (Fsp3) is 0.562. The van der Waals surface area contributed by atoms with Gasteiger partial charge in [-0.2, -0.15) is 0 Å². The van der Waals surface area contributed by atoms with E-state index < -0.39 is 17.2 Å². The Bertz CT molecular complexity index is 462. The number of alkyl carbamates (subject to hydrolysis) is 1. The van der Waals surface area contributed by atoms with E-state index in [1.54, 1.807) is 0 Å². The Balaban J connectivity index is 2.53. The van der Waals surface area contributed by atoms with Crippen molar-refractivity contribution >= 4 is 11.8 Å². The fourth-order valence-corrected chi connectivity index (χ4v) is 1.71. The molecule has 4 heteroatoms. The van der Waals surface area contributed by atoms with Crippen LogP contribution >= 0.6 is 0 Å². The van der Waals surface area contributed by atoms with E-state index in [2.05, 4.69) is 23.6 Å². The lowest BCUT2D eigenvalue weighted by Crippen LogP contribution is -2.50. The molecule has 2 N–H and O–H groups in total. The van der Waals surface area contributed by atoms with Crippen LogP contribution in [0.4, 0.5) is 10.5 Å². The van der Waals surface area contributed by atoms with Crippen molar-refractivity contribution in [1.29, 1.82) is 0 Å². The molecular formula is C16H26N2O2. The minimum Gasteiger partial charge on any atom is -0.444 e. The first-order valence-electron chi connectivity index (χ1n) is 6.90. The quantitative estimate of drug-likeness (QED) is 0.882. The minimum absolute atomic E-state index is 0.394. The third-order valence-electron chi connectivity index (χ3n) is 2.71. The van der Waals surface area contributed by atoms with E-state index in [-0.39, 0.29) is 0 Å². The average Bonchev–Trinajstić information content (AvgIpc) is 2.24. The summed E-state index contributed by atoms with van der Waals surface area (Å²) in [7, 11) is 0. The van der Waals surface area contributed by atoms with Gasteiger partial charge in [0.1, 0.15) is 5.60 Å². The van der Waals surface area contributed by atoms with E-state index >= 15 is 0 Å². The van der Waals surface area contributed by atoms with Crippen LogP contribution in [0.2, 0.25) is 0 Å². The van der Waals surface area contributed by atoms with Crippen LogP contribution in [0.1, 0.15) is 40.2 Å². The van der Waals surface area contributed by atoms with Crippen LogP contribution in [0, 0.1) is 6.92 Å². The maximum Gasteiger partial charge on any atom is 0.408 e. The number of para-hydroxylation sites is 1. The molecule has 1 aromatic rings. The van der Waals surface area contributed by atoms with E-state index in [1.807, 2.05) is 52.8 Å². The van der Waals surface area contributed by atoms with Crippen LogP contribution in [-0.4, -0.2) is 23.8 Å². The number of aryl methyl sites for hydroxylation is 1. The van der Waals surface area contributed by atoms with Gasteiger partial charge in [0.15, 0.2) is 0 Å². The highest BCUT2D eigenvalue weighted by molar-refractivity contribution is 5.68. The van der Waals surface area contributed by atoms with Crippen molar-refractivity contribution in [1.82, 2.24) is 5.32 Å². The molecule has 0 aliphatic rings. The monoisotopic (exact) mass is 278 g/mol. The molecule has 0 spiro atoms. The zero-order valence-corrected chi connectivity index (χ0v) is 13.3. The van der Waals surface area contributed by atoms with Gasteiger partial charge in [-0.25, -0.2) is 4.79 Å². The number of hydrogen-bond donors (Lipinski definition) is 2. The largest absolute Gasteiger partial charge is 0.444 e. The summed E-state index contributed by atoms with van der Waals surface area (Å²) in [6.07, 6.45) is -0.394. The first-order valence-corrected chi connectivity index (χ1v) is 6.90. The average molecular weight is 278 g/mol. The lowest BCUT2D eigenvalue weighted by Gasteiger charge is -2.29. The van der Waals surface area contributed by atoms with Gasteiger partial charge in [-0.1, -0.05) is 18.2 Å². The van der Waals surface area contributed by atoms with Crippen molar-refractivity contribution in [3.63, 3.8) is 0 Å². The summed E-state index contributed by atoms with van der Waals surface area (Å²) >= 11 is 0. The van der Waals surface area contributed by atoms with Crippen molar-refractivity contribution in [2.45, 2.75) is 52.7 Å². The molecule has 0 fully saturated rings. The van der Waals surface area contributed by atoms with Gasteiger partial charge in [0, 0.05) is 12.2 Å². The van der Waals surface area contributed by atoms with Gasteiger partial charge in [-0.05, 0) is 53.2 Å². The number of nitrogens with one attached hydrogen (secondary N) is 2. The third kappa shape index (κ3) is 5.95. The smallest absolute Gasteiger partial charge is 0.408 e. The van der Waals surface area contributed by atoms with Crippen LogP contribution < -0.4 is 10.6 Å². The Morgan fingerprint density at radius 2 is 1.75 bits per heavy atom. The maximum atomic E-state index is 11.8. The molecule has 0 saturated heterocycles. The molecule has 0 aromatic heterocycles. The number of carbonyl (C=O) groups excluding carboxylic acids is 1. The molecule has 0 saturated carbocycles. The second kappa shape index (κ2) is 6.16. The summed E-state index contributed by atoms with van der Waals surface area (Å²) in [5.74, 6) is 0. The number of carbonyl (C=O) groups is 1. The number of ether oxygens (including phenoxy) is 1. The van der Waals surface area contributed by atoms with E-state index in [4.69, 9.17) is 4.74 Å². The molecule has 0 unspecified atom stereocenters. The predicted octanol–water partition coefficient (Wildman–Crippen LogP) is 3.71. The van der Waals surface area contributed by atoms with Crippen molar-refractivity contribution in [3.8, 4) is 0 Å². The second-order valence-corrected chi connectivity index (χ2v) is 6.68. The Hall–Kier alpha value is -1.71. The molecule has 0 aliphatic carbocycles. The predicted molar refractivity (Wildman–Crippen MR) is 83.1 cm³/mol. The van der Waals surface area contributed by atoms with E-state index in [1.165, 1.54) is 5.56 Å². The number of amides is 1. The van der Waals surface area contributed by atoms with E-state index in [0.717, 1.165) is 5.69 Å². The van der Waals surface area contributed by atoms with Crippen LogP contribution in [0.15, 0.2) is 24.3 Å². The first-order chi connectivity index (χ1) is 9.09. The Kier molecular flexibility index (Phi) is 5.03. The van der Waals surface area contributed by atoms with Crippen molar-refractivity contribution in [2.75, 3.05) is 11.9 Å².